The second kappa shape index (κ2) is 14.7. The molecule has 0 saturated carbocycles. The zero-order valence-corrected chi connectivity index (χ0v) is 26.5. The minimum atomic E-state index is -0.434. The van der Waals surface area contributed by atoms with Gasteiger partial charge in [0, 0.05) is 13.0 Å². The molecule has 1 unspecified atom stereocenters. The lowest BCUT2D eigenvalue weighted by Crippen LogP contribution is -2.40. The number of rotatable bonds is 13. The quantitative estimate of drug-likeness (QED) is 0.143. The van der Waals surface area contributed by atoms with Crippen LogP contribution in [-0.2, 0) is 24.1 Å². The van der Waals surface area contributed by atoms with Crippen molar-refractivity contribution in [2.24, 2.45) is 0 Å². The van der Waals surface area contributed by atoms with Gasteiger partial charge >= 0.3 is 0 Å². The van der Waals surface area contributed by atoms with Crippen molar-refractivity contribution in [2.75, 3.05) is 20.8 Å². The van der Waals surface area contributed by atoms with Crippen LogP contribution in [0.5, 0.6) is 11.5 Å². The van der Waals surface area contributed by atoms with Crippen LogP contribution in [0.15, 0.2) is 102 Å². The highest BCUT2D eigenvalue weighted by molar-refractivity contribution is 5.79. The van der Waals surface area contributed by atoms with E-state index in [0.29, 0.717) is 60.5 Å². The first-order chi connectivity index (χ1) is 22.0. The first-order valence-corrected chi connectivity index (χ1v) is 15.6. The van der Waals surface area contributed by atoms with Crippen LogP contribution in [0.2, 0.25) is 0 Å². The third-order valence-corrected chi connectivity index (χ3v) is 8.35. The molecule has 0 radical (unpaired) electrons. The summed E-state index contributed by atoms with van der Waals surface area (Å²) < 4.78 is 12.7. The molecule has 1 amide bonds. The molecule has 7 heteroatoms. The Morgan fingerprint density at radius 1 is 0.800 bits per heavy atom. The van der Waals surface area contributed by atoms with Gasteiger partial charge in [0.15, 0.2) is 11.5 Å². The summed E-state index contributed by atoms with van der Waals surface area (Å²) in [6.07, 6.45) is 3.04. The first kappa shape index (κ1) is 31.5. The number of aromatic nitrogens is 2. The molecule has 7 nitrogen and oxygen atoms in total. The number of benzene rings is 4. The average molecular weight is 604 g/mol. The van der Waals surface area contributed by atoms with Crippen molar-refractivity contribution >= 4 is 16.8 Å². The third kappa shape index (κ3) is 7.09. The number of aryl methyl sites for hydroxylation is 2. The Balaban J connectivity index is 1.58. The van der Waals surface area contributed by atoms with Gasteiger partial charge in [0.05, 0.1) is 36.9 Å². The first-order valence-electron chi connectivity index (χ1n) is 15.6. The van der Waals surface area contributed by atoms with Crippen LogP contribution in [-0.4, -0.2) is 41.1 Å². The number of nitrogens with zero attached hydrogens (tertiary/aromatic N) is 3. The average Bonchev–Trinajstić information content (AvgIpc) is 3.09. The third-order valence-electron chi connectivity index (χ3n) is 8.35. The maximum atomic E-state index is 14.2. The van der Waals surface area contributed by atoms with E-state index in [2.05, 4.69) is 6.92 Å². The van der Waals surface area contributed by atoms with Gasteiger partial charge in [0.2, 0.25) is 5.91 Å². The Morgan fingerprint density at radius 2 is 1.49 bits per heavy atom. The SMILES string of the molecule is CCc1ccc(-n2c(C(CC)N(CCc3ccc(OC)c(OC)c3)C(=O)CCc3ccccc3)nc3ccccc3c2=O)cc1. The van der Waals surface area contributed by atoms with Gasteiger partial charge < -0.3 is 14.4 Å². The molecule has 1 heterocycles. The zero-order chi connectivity index (χ0) is 31.8. The summed E-state index contributed by atoms with van der Waals surface area (Å²) in [5.41, 5.74) is 4.52. The van der Waals surface area contributed by atoms with Gasteiger partial charge in [-0.2, -0.15) is 0 Å². The Morgan fingerprint density at radius 3 is 2.18 bits per heavy atom. The molecule has 4 aromatic carbocycles. The molecule has 0 bridgehead atoms. The van der Waals surface area contributed by atoms with E-state index in [0.717, 1.165) is 23.2 Å². The summed E-state index contributed by atoms with van der Waals surface area (Å²) in [5, 5.41) is 0.544. The molecule has 1 aromatic heterocycles. The fourth-order valence-corrected chi connectivity index (χ4v) is 5.83. The summed E-state index contributed by atoms with van der Waals surface area (Å²) in [4.78, 5) is 35.3. The fourth-order valence-electron chi connectivity index (χ4n) is 5.83. The molecule has 0 saturated heterocycles. The van der Waals surface area contributed by atoms with Gasteiger partial charge in [0.25, 0.3) is 5.56 Å². The molecule has 0 aliphatic rings. The molecule has 5 rings (SSSR count). The van der Waals surface area contributed by atoms with Crippen molar-refractivity contribution in [2.45, 2.75) is 52.0 Å². The van der Waals surface area contributed by atoms with Crippen LogP contribution >= 0.6 is 0 Å². The van der Waals surface area contributed by atoms with E-state index >= 15 is 0 Å². The number of amides is 1. The maximum absolute atomic E-state index is 14.2. The van der Waals surface area contributed by atoms with E-state index in [-0.39, 0.29) is 11.5 Å². The number of ether oxygens (including phenoxy) is 2. The van der Waals surface area contributed by atoms with Gasteiger partial charge in [-0.3, -0.25) is 14.2 Å². The van der Waals surface area contributed by atoms with Crippen molar-refractivity contribution in [1.29, 1.82) is 0 Å². The highest BCUT2D eigenvalue weighted by atomic mass is 16.5. The van der Waals surface area contributed by atoms with E-state index in [1.54, 1.807) is 18.8 Å². The second-order valence-corrected chi connectivity index (χ2v) is 11.1. The number of carbonyl (C=O) groups is 1. The van der Waals surface area contributed by atoms with Crippen LogP contribution in [0.25, 0.3) is 16.6 Å². The van der Waals surface area contributed by atoms with Crippen LogP contribution in [0.3, 0.4) is 0 Å². The second-order valence-electron chi connectivity index (χ2n) is 11.1. The molecular weight excluding hydrogens is 562 g/mol. The minimum Gasteiger partial charge on any atom is -0.493 e. The minimum absolute atomic E-state index is 0.0152. The molecule has 0 spiro atoms. The molecule has 5 aromatic rings. The summed E-state index contributed by atoms with van der Waals surface area (Å²) in [7, 11) is 3.23. The van der Waals surface area contributed by atoms with Crippen LogP contribution in [0, 0.1) is 0 Å². The monoisotopic (exact) mass is 603 g/mol. The van der Waals surface area contributed by atoms with E-state index in [4.69, 9.17) is 14.5 Å². The van der Waals surface area contributed by atoms with Gasteiger partial charge in [-0.25, -0.2) is 4.98 Å². The number of para-hydroxylation sites is 1. The van der Waals surface area contributed by atoms with E-state index in [9.17, 15) is 9.59 Å². The number of carbonyl (C=O) groups excluding carboxylic acids is 1. The Labute approximate surface area is 265 Å². The van der Waals surface area contributed by atoms with E-state index in [1.165, 1.54) is 5.56 Å². The molecular formula is C38H41N3O4. The lowest BCUT2D eigenvalue weighted by molar-refractivity contribution is -0.134. The highest BCUT2D eigenvalue weighted by Gasteiger charge is 2.29. The van der Waals surface area contributed by atoms with Crippen molar-refractivity contribution in [1.82, 2.24) is 14.5 Å². The van der Waals surface area contributed by atoms with Gasteiger partial charge in [-0.05, 0) is 78.8 Å². The molecule has 232 valence electrons. The smallest absolute Gasteiger partial charge is 0.266 e. The van der Waals surface area contributed by atoms with Crippen LogP contribution in [0.1, 0.15) is 55.2 Å². The van der Waals surface area contributed by atoms with E-state index in [1.807, 2.05) is 109 Å². The zero-order valence-electron chi connectivity index (χ0n) is 26.5. The van der Waals surface area contributed by atoms with Crippen molar-refractivity contribution < 1.29 is 14.3 Å². The normalized spacial score (nSPS) is 11.7. The predicted molar refractivity (Wildman–Crippen MR) is 179 cm³/mol. The Kier molecular flexibility index (Phi) is 10.3. The lowest BCUT2D eigenvalue weighted by Gasteiger charge is -2.33. The standard InChI is InChI=1S/C38H41N3O4/c1-5-27-16-20-30(21-17-27)41-37(39-32-15-11-10-14-31(32)38(41)43)33(6-2)40(36(42)23-19-28-12-8-7-9-13-28)25-24-29-18-22-34(44-3)35(26-29)45-4/h7-18,20-22,26,33H,5-6,19,23-25H2,1-4H3. The molecule has 1 atom stereocenters. The number of hydrogen-bond donors (Lipinski definition) is 0. The summed E-state index contributed by atoms with van der Waals surface area (Å²) >= 11 is 0. The number of hydrogen-bond acceptors (Lipinski definition) is 5. The summed E-state index contributed by atoms with van der Waals surface area (Å²) in [6.45, 7) is 4.60. The van der Waals surface area contributed by atoms with E-state index < -0.39 is 6.04 Å². The maximum Gasteiger partial charge on any atom is 0.266 e. The van der Waals surface area contributed by atoms with Crippen molar-refractivity contribution in [3.63, 3.8) is 0 Å². The van der Waals surface area contributed by atoms with Crippen molar-refractivity contribution in [3.05, 3.63) is 130 Å². The topological polar surface area (TPSA) is 73.7 Å². The lowest BCUT2D eigenvalue weighted by atomic mass is 10.0. The molecule has 0 aliphatic carbocycles. The van der Waals surface area contributed by atoms with Gasteiger partial charge in [-0.1, -0.05) is 74.5 Å². The summed E-state index contributed by atoms with van der Waals surface area (Å²) in [6, 6.07) is 30.9. The summed E-state index contributed by atoms with van der Waals surface area (Å²) in [5.74, 6) is 1.87. The van der Waals surface area contributed by atoms with Gasteiger partial charge in [0.1, 0.15) is 5.82 Å². The molecule has 0 aliphatic heterocycles. The molecule has 0 fully saturated rings. The predicted octanol–water partition coefficient (Wildman–Crippen LogP) is 7.12. The van der Waals surface area contributed by atoms with Crippen molar-refractivity contribution in [3.8, 4) is 17.2 Å². The van der Waals surface area contributed by atoms with Crippen LogP contribution in [0.4, 0.5) is 0 Å². The fraction of sp³-hybridized carbons (Fsp3) is 0.289. The Bertz CT molecular complexity index is 1800. The highest BCUT2D eigenvalue weighted by Crippen LogP contribution is 2.30. The molecule has 0 N–H and O–H groups in total. The van der Waals surface area contributed by atoms with Gasteiger partial charge in [-0.15, -0.1) is 0 Å². The molecule has 45 heavy (non-hydrogen) atoms. The number of fused-ring (bicyclic) bond motifs is 1. The Hall–Kier alpha value is -4.91. The number of methoxy groups -OCH3 is 2. The largest absolute Gasteiger partial charge is 0.493 e. The van der Waals surface area contributed by atoms with Crippen LogP contribution < -0.4 is 15.0 Å².